The van der Waals surface area contributed by atoms with Crippen LogP contribution in [0.2, 0.25) is 0 Å². The molecule has 6 heteroatoms. The number of nitrogens with zero attached hydrogens (tertiary/aromatic N) is 1. The molecule has 1 amide bonds. The van der Waals surface area contributed by atoms with Crippen LogP contribution in [0.1, 0.15) is 58.8 Å². The van der Waals surface area contributed by atoms with E-state index in [2.05, 4.69) is 6.92 Å². The SMILES string of the molecule is CCCCN(C(=O)OC(C)S(C)(=O)=O)C1CCCCC1. The first-order valence-corrected chi connectivity index (χ1v) is 9.47. The predicted octanol–water partition coefficient (Wildman–Crippen LogP) is 2.95. The molecule has 1 aliphatic rings. The monoisotopic (exact) mass is 305 g/mol. The number of hydrogen-bond acceptors (Lipinski definition) is 4. The van der Waals surface area contributed by atoms with Gasteiger partial charge in [0.15, 0.2) is 9.84 Å². The summed E-state index contributed by atoms with van der Waals surface area (Å²) in [5, 5.41) is 0. The lowest BCUT2D eigenvalue weighted by atomic mass is 9.94. The van der Waals surface area contributed by atoms with E-state index in [4.69, 9.17) is 4.74 Å². The van der Waals surface area contributed by atoms with Crippen LogP contribution in [-0.2, 0) is 14.6 Å². The highest BCUT2D eigenvalue weighted by Gasteiger charge is 2.29. The molecule has 118 valence electrons. The zero-order chi connectivity index (χ0) is 15.2. The van der Waals surface area contributed by atoms with Gasteiger partial charge in [-0.05, 0) is 26.2 Å². The van der Waals surface area contributed by atoms with Gasteiger partial charge in [0.1, 0.15) is 0 Å². The summed E-state index contributed by atoms with van der Waals surface area (Å²) in [7, 11) is -3.35. The van der Waals surface area contributed by atoms with Crippen LogP contribution < -0.4 is 0 Å². The molecule has 1 unspecified atom stereocenters. The molecule has 1 aliphatic carbocycles. The average molecular weight is 305 g/mol. The molecule has 0 aromatic carbocycles. The van der Waals surface area contributed by atoms with Crippen molar-refractivity contribution in [3.8, 4) is 0 Å². The van der Waals surface area contributed by atoms with Crippen LogP contribution in [0.15, 0.2) is 0 Å². The molecular weight excluding hydrogens is 278 g/mol. The van der Waals surface area contributed by atoms with Gasteiger partial charge in [-0.1, -0.05) is 32.6 Å². The van der Waals surface area contributed by atoms with Gasteiger partial charge in [-0.2, -0.15) is 0 Å². The fourth-order valence-corrected chi connectivity index (χ4v) is 2.70. The third-order valence-electron chi connectivity index (χ3n) is 3.87. The molecule has 0 aromatic heterocycles. The van der Waals surface area contributed by atoms with Crippen LogP contribution in [0.5, 0.6) is 0 Å². The highest BCUT2D eigenvalue weighted by Crippen LogP contribution is 2.24. The molecule has 1 atom stereocenters. The first kappa shape index (κ1) is 17.3. The van der Waals surface area contributed by atoms with Crippen LogP contribution in [0.3, 0.4) is 0 Å². The Kier molecular flexibility index (Phi) is 6.79. The Morgan fingerprint density at radius 3 is 2.40 bits per heavy atom. The van der Waals surface area contributed by atoms with Crippen LogP contribution in [-0.4, -0.2) is 43.7 Å². The maximum absolute atomic E-state index is 12.2. The Balaban J connectivity index is 2.68. The van der Waals surface area contributed by atoms with E-state index in [0.717, 1.165) is 44.8 Å². The minimum Gasteiger partial charge on any atom is -0.430 e. The summed E-state index contributed by atoms with van der Waals surface area (Å²) in [6.45, 7) is 4.13. The quantitative estimate of drug-likeness (QED) is 0.757. The lowest BCUT2D eigenvalue weighted by Crippen LogP contribution is -2.44. The Labute approximate surface area is 122 Å². The first-order valence-electron chi connectivity index (χ1n) is 7.52. The molecule has 5 nitrogen and oxygen atoms in total. The molecule has 0 bridgehead atoms. The van der Waals surface area contributed by atoms with Gasteiger partial charge in [0, 0.05) is 18.8 Å². The van der Waals surface area contributed by atoms with E-state index in [1.165, 1.54) is 13.3 Å². The number of amides is 1. The summed E-state index contributed by atoms with van der Waals surface area (Å²) in [4.78, 5) is 14.0. The smallest absolute Gasteiger partial charge is 0.411 e. The third kappa shape index (κ3) is 5.31. The largest absolute Gasteiger partial charge is 0.430 e. The maximum atomic E-state index is 12.2. The number of hydrogen-bond donors (Lipinski definition) is 0. The van der Waals surface area contributed by atoms with E-state index in [9.17, 15) is 13.2 Å². The highest BCUT2D eigenvalue weighted by molar-refractivity contribution is 7.91. The number of rotatable bonds is 6. The second-order valence-electron chi connectivity index (χ2n) is 5.62. The molecule has 0 radical (unpaired) electrons. The van der Waals surface area contributed by atoms with Gasteiger partial charge >= 0.3 is 6.09 Å². The zero-order valence-corrected chi connectivity index (χ0v) is 13.6. The molecule has 1 rings (SSSR count). The molecule has 0 saturated heterocycles. The van der Waals surface area contributed by atoms with Gasteiger partial charge in [0.25, 0.3) is 0 Å². The van der Waals surface area contributed by atoms with Gasteiger partial charge < -0.3 is 9.64 Å². The van der Waals surface area contributed by atoms with E-state index in [-0.39, 0.29) is 6.04 Å². The average Bonchev–Trinajstić information content (AvgIpc) is 2.39. The van der Waals surface area contributed by atoms with Gasteiger partial charge in [0.2, 0.25) is 5.44 Å². The summed E-state index contributed by atoms with van der Waals surface area (Å²) in [5.74, 6) is 0. The molecule has 0 N–H and O–H groups in total. The van der Waals surface area contributed by atoms with E-state index in [0.29, 0.717) is 6.54 Å². The number of carbonyl (C=O) groups excluding carboxylic acids is 1. The van der Waals surface area contributed by atoms with Crippen molar-refractivity contribution in [1.29, 1.82) is 0 Å². The van der Waals surface area contributed by atoms with Crippen molar-refractivity contribution in [2.75, 3.05) is 12.8 Å². The lowest BCUT2D eigenvalue weighted by molar-refractivity contribution is 0.0703. The molecule has 20 heavy (non-hydrogen) atoms. The summed E-state index contributed by atoms with van der Waals surface area (Å²) in [6.07, 6.45) is 7.97. The minimum absolute atomic E-state index is 0.203. The summed E-state index contributed by atoms with van der Waals surface area (Å²) in [6, 6.07) is 0.203. The Morgan fingerprint density at radius 2 is 1.90 bits per heavy atom. The van der Waals surface area contributed by atoms with Crippen molar-refractivity contribution in [2.45, 2.75) is 70.3 Å². The van der Waals surface area contributed by atoms with Crippen molar-refractivity contribution in [3.63, 3.8) is 0 Å². The molecule has 0 heterocycles. The number of unbranched alkanes of at least 4 members (excludes halogenated alkanes) is 1. The maximum Gasteiger partial charge on any atom is 0.411 e. The van der Waals surface area contributed by atoms with Gasteiger partial charge in [0.05, 0.1) is 0 Å². The van der Waals surface area contributed by atoms with Crippen molar-refractivity contribution < 1.29 is 17.9 Å². The lowest BCUT2D eigenvalue weighted by Gasteiger charge is -2.34. The van der Waals surface area contributed by atoms with Crippen molar-refractivity contribution in [2.24, 2.45) is 0 Å². The molecule has 1 fully saturated rings. The number of carbonyl (C=O) groups is 1. The van der Waals surface area contributed by atoms with Crippen LogP contribution >= 0.6 is 0 Å². The normalized spacial score (nSPS) is 18.6. The van der Waals surface area contributed by atoms with Crippen molar-refractivity contribution >= 4 is 15.9 Å². The predicted molar refractivity (Wildman–Crippen MR) is 79.3 cm³/mol. The Morgan fingerprint density at radius 1 is 1.30 bits per heavy atom. The van der Waals surface area contributed by atoms with E-state index in [1.807, 2.05) is 0 Å². The van der Waals surface area contributed by atoms with Crippen LogP contribution in [0, 0.1) is 0 Å². The van der Waals surface area contributed by atoms with E-state index in [1.54, 1.807) is 4.90 Å². The van der Waals surface area contributed by atoms with Gasteiger partial charge in [-0.15, -0.1) is 0 Å². The highest BCUT2D eigenvalue weighted by atomic mass is 32.2. The van der Waals surface area contributed by atoms with Crippen LogP contribution in [0.4, 0.5) is 4.79 Å². The third-order valence-corrected chi connectivity index (χ3v) is 5.17. The summed E-state index contributed by atoms with van der Waals surface area (Å²) in [5.41, 5.74) is -1.08. The second kappa shape index (κ2) is 7.86. The topological polar surface area (TPSA) is 63.7 Å². The molecule has 1 saturated carbocycles. The summed E-state index contributed by atoms with van der Waals surface area (Å²) < 4.78 is 27.9. The molecule has 0 aromatic rings. The second-order valence-corrected chi connectivity index (χ2v) is 7.94. The van der Waals surface area contributed by atoms with Crippen molar-refractivity contribution in [1.82, 2.24) is 4.90 Å². The van der Waals surface area contributed by atoms with E-state index < -0.39 is 21.4 Å². The van der Waals surface area contributed by atoms with Gasteiger partial charge in [-0.25, -0.2) is 13.2 Å². The van der Waals surface area contributed by atoms with E-state index >= 15 is 0 Å². The van der Waals surface area contributed by atoms with Crippen molar-refractivity contribution in [3.05, 3.63) is 0 Å². The fraction of sp³-hybridized carbons (Fsp3) is 0.929. The number of ether oxygens (including phenoxy) is 1. The Hall–Kier alpha value is -0.780. The fourth-order valence-electron chi connectivity index (χ4n) is 2.44. The van der Waals surface area contributed by atoms with Crippen LogP contribution in [0.25, 0.3) is 0 Å². The number of sulfone groups is 1. The summed E-state index contributed by atoms with van der Waals surface area (Å²) >= 11 is 0. The zero-order valence-electron chi connectivity index (χ0n) is 12.8. The molecule has 0 aliphatic heterocycles. The standard InChI is InChI=1S/C14H27NO4S/c1-4-5-11-15(13-9-7-6-8-10-13)14(16)19-12(2)20(3,17)18/h12-13H,4-11H2,1-3H3. The minimum atomic E-state index is -3.35. The molecular formula is C14H27NO4S. The Bertz CT molecular complexity index is 401. The molecule has 0 spiro atoms. The first-order chi connectivity index (χ1) is 9.36. The van der Waals surface area contributed by atoms with Gasteiger partial charge in [-0.3, -0.25) is 0 Å².